The zero-order chi connectivity index (χ0) is 20.2. The first kappa shape index (κ1) is 23.5. The molecule has 0 radical (unpaired) electrons. The number of alkyl halides is 1. The van der Waals surface area contributed by atoms with Gasteiger partial charge in [-0.2, -0.15) is 0 Å². The molecule has 4 atom stereocenters. The van der Waals surface area contributed by atoms with Crippen molar-refractivity contribution in [1.29, 1.82) is 0 Å². The average molecular weight is 427 g/mol. The molecule has 10 nitrogen and oxygen atoms in total. The standard InChI is InChI=1S/C14H19BrO10/c1-6(17)13(24,11(22)10(21)5-16)14(7(2)18,25-8(3)19)12(23)9(20)4-15/h10-11,16,21-22,24H,4-5H2,1-3H3/t10-,11-,13+,14+/m1/s1. The first-order chi connectivity index (χ1) is 11.3. The lowest BCUT2D eigenvalue weighted by Crippen LogP contribution is -2.76. The molecule has 0 fully saturated rings. The molecule has 0 saturated heterocycles. The molecule has 0 heterocycles. The van der Waals surface area contributed by atoms with E-state index in [-0.39, 0.29) is 0 Å². The van der Waals surface area contributed by atoms with E-state index in [1.807, 2.05) is 0 Å². The molecule has 25 heavy (non-hydrogen) atoms. The van der Waals surface area contributed by atoms with Gasteiger partial charge in [-0.3, -0.25) is 24.0 Å². The molecule has 0 rings (SSSR count). The summed E-state index contributed by atoms with van der Waals surface area (Å²) in [6.07, 6.45) is -4.83. The average Bonchev–Trinajstić information content (AvgIpc) is 2.55. The summed E-state index contributed by atoms with van der Waals surface area (Å²) in [6, 6.07) is 0. The summed E-state index contributed by atoms with van der Waals surface area (Å²) in [6.45, 7) is 0.846. The molecule has 0 aromatic carbocycles. The number of ether oxygens (including phenoxy) is 1. The SMILES string of the molecule is CC(=O)O[C@@](C(C)=O)(C(=O)C(=O)CBr)[C@](O)(C(C)=O)[C@H](O)[C@H](O)CO. The highest BCUT2D eigenvalue weighted by Crippen LogP contribution is 2.35. The molecule has 0 aromatic rings. The number of carbonyl (C=O) groups is 5. The van der Waals surface area contributed by atoms with Crippen molar-refractivity contribution in [2.24, 2.45) is 0 Å². The van der Waals surface area contributed by atoms with Crippen LogP contribution in [0.5, 0.6) is 0 Å². The topological polar surface area (TPSA) is 175 Å². The van der Waals surface area contributed by atoms with E-state index >= 15 is 0 Å². The maximum Gasteiger partial charge on any atom is 0.304 e. The highest BCUT2D eigenvalue weighted by molar-refractivity contribution is 9.09. The Bertz CT molecular complexity index is 588. The summed E-state index contributed by atoms with van der Waals surface area (Å²) in [5.41, 5.74) is -6.97. The molecule has 0 aliphatic carbocycles. The molecule has 0 aliphatic rings. The van der Waals surface area contributed by atoms with Gasteiger partial charge in [0.15, 0.2) is 11.6 Å². The molecule has 0 bridgehead atoms. The third kappa shape index (κ3) is 4.01. The van der Waals surface area contributed by atoms with Crippen molar-refractivity contribution in [3.05, 3.63) is 0 Å². The number of hydrogen-bond donors (Lipinski definition) is 4. The highest BCUT2D eigenvalue weighted by Gasteiger charge is 2.70. The largest absolute Gasteiger partial charge is 0.439 e. The molecule has 142 valence electrons. The highest BCUT2D eigenvalue weighted by atomic mass is 79.9. The molecule has 4 N–H and O–H groups in total. The van der Waals surface area contributed by atoms with Crippen molar-refractivity contribution in [2.45, 2.75) is 44.2 Å². The fourth-order valence-corrected chi connectivity index (χ4v) is 2.57. The summed E-state index contributed by atoms with van der Waals surface area (Å²) >= 11 is 2.67. The molecule has 0 amide bonds. The van der Waals surface area contributed by atoms with Gasteiger partial charge in [0.25, 0.3) is 11.4 Å². The number of carbonyl (C=O) groups excluding carboxylic acids is 5. The zero-order valence-corrected chi connectivity index (χ0v) is 15.3. The minimum absolute atomic E-state index is 0.639. The quantitative estimate of drug-likeness (QED) is 0.126. The molecule has 0 aliphatic heterocycles. The van der Waals surface area contributed by atoms with E-state index < -0.39 is 64.4 Å². The normalized spacial score (nSPS) is 18.2. The van der Waals surface area contributed by atoms with Crippen LogP contribution < -0.4 is 0 Å². The Labute approximate surface area is 150 Å². The number of Topliss-reactive ketones (excluding diaryl/α,β-unsaturated/α-hetero) is 4. The Balaban J connectivity index is 6.92. The van der Waals surface area contributed by atoms with Gasteiger partial charge in [0.05, 0.1) is 11.9 Å². The van der Waals surface area contributed by atoms with Crippen LogP contribution in [0.1, 0.15) is 20.8 Å². The van der Waals surface area contributed by atoms with E-state index in [2.05, 4.69) is 20.7 Å². The van der Waals surface area contributed by atoms with Crippen LogP contribution in [0, 0.1) is 0 Å². The zero-order valence-electron chi connectivity index (χ0n) is 13.7. The first-order valence-electron chi connectivity index (χ1n) is 6.89. The van der Waals surface area contributed by atoms with E-state index in [9.17, 15) is 39.3 Å². The second-order valence-corrected chi connectivity index (χ2v) is 5.80. The van der Waals surface area contributed by atoms with Crippen molar-refractivity contribution in [3.8, 4) is 0 Å². The number of halogens is 1. The van der Waals surface area contributed by atoms with Crippen molar-refractivity contribution in [2.75, 3.05) is 11.9 Å². The minimum Gasteiger partial charge on any atom is -0.439 e. The lowest BCUT2D eigenvalue weighted by Gasteiger charge is -2.44. The third-order valence-electron chi connectivity index (χ3n) is 3.54. The number of aliphatic hydroxyl groups is 4. The molecular formula is C14H19BrO10. The van der Waals surface area contributed by atoms with Gasteiger partial charge < -0.3 is 25.2 Å². The first-order valence-corrected chi connectivity index (χ1v) is 8.01. The lowest BCUT2D eigenvalue weighted by atomic mass is 9.69. The predicted molar refractivity (Wildman–Crippen MR) is 83.7 cm³/mol. The summed E-state index contributed by atoms with van der Waals surface area (Å²) in [5.74, 6) is -7.35. The lowest BCUT2D eigenvalue weighted by molar-refractivity contribution is -0.226. The Morgan fingerprint density at radius 1 is 1.04 bits per heavy atom. The van der Waals surface area contributed by atoms with Crippen LogP contribution in [0.25, 0.3) is 0 Å². The summed E-state index contributed by atoms with van der Waals surface area (Å²) in [4.78, 5) is 60.0. The van der Waals surface area contributed by atoms with E-state index in [0.717, 1.165) is 6.92 Å². The fourth-order valence-electron chi connectivity index (χ4n) is 2.31. The smallest absolute Gasteiger partial charge is 0.304 e. The number of esters is 1. The Hall–Kier alpha value is -1.53. The molecule has 0 saturated carbocycles. The van der Waals surface area contributed by atoms with Gasteiger partial charge in [-0.15, -0.1) is 0 Å². The second kappa shape index (κ2) is 8.72. The number of ketones is 4. The van der Waals surface area contributed by atoms with E-state index in [1.54, 1.807) is 0 Å². The number of hydrogen-bond acceptors (Lipinski definition) is 10. The van der Waals surface area contributed by atoms with E-state index in [4.69, 9.17) is 5.11 Å². The third-order valence-corrected chi connectivity index (χ3v) is 4.05. The van der Waals surface area contributed by atoms with Crippen LogP contribution in [0.2, 0.25) is 0 Å². The van der Waals surface area contributed by atoms with Crippen molar-refractivity contribution >= 4 is 45.0 Å². The predicted octanol–water partition coefficient (Wildman–Crippen LogP) is -2.56. The fraction of sp³-hybridized carbons (Fsp3) is 0.643. The summed E-state index contributed by atoms with van der Waals surface area (Å²) in [5, 5.41) is 38.8. The van der Waals surface area contributed by atoms with Crippen molar-refractivity contribution in [3.63, 3.8) is 0 Å². The Morgan fingerprint density at radius 2 is 1.52 bits per heavy atom. The molecule has 0 unspecified atom stereocenters. The summed E-state index contributed by atoms with van der Waals surface area (Å²) in [7, 11) is 0. The van der Waals surface area contributed by atoms with E-state index in [1.165, 1.54) is 0 Å². The molecule has 11 heteroatoms. The number of rotatable bonds is 10. The van der Waals surface area contributed by atoms with Gasteiger partial charge in [0.1, 0.15) is 12.2 Å². The van der Waals surface area contributed by atoms with Gasteiger partial charge in [0.2, 0.25) is 11.4 Å². The van der Waals surface area contributed by atoms with Gasteiger partial charge in [0, 0.05) is 6.92 Å². The minimum atomic E-state index is -3.53. The van der Waals surface area contributed by atoms with Crippen LogP contribution in [0.4, 0.5) is 0 Å². The van der Waals surface area contributed by atoms with Crippen LogP contribution in [-0.2, 0) is 28.7 Å². The summed E-state index contributed by atoms with van der Waals surface area (Å²) < 4.78 is 4.62. The van der Waals surface area contributed by atoms with Crippen LogP contribution in [0.15, 0.2) is 0 Å². The van der Waals surface area contributed by atoms with Gasteiger partial charge >= 0.3 is 5.97 Å². The van der Waals surface area contributed by atoms with E-state index in [0.29, 0.717) is 13.8 Å². The number of aliphatic hydroxyl groups excluding tert-OH is 3. The molecular weight excluding hydrogens is 408 g/mol. The molecule has 0 aromatic heterocycles. The van der Waals surface area contributed by atoms with Gasteiger partial charge in [-0.1, -0.05) is 15.9 Å². The van der Waals surface area contributed by atoms with Crippen LogP contribution >= 0.6 is 15.9 Å². The van der Waals surface area contributed by atoms with Crippen LogP contribution in [-0.4, -0.2) is 84.9 Å². The monoisotopic (exact) mass is 426 g/mol. The van der Waals surface area contributed by atoms with Gasteiger partial charge in [-0.05, 0) is 13.8 Å². The van der Waals surface area contributed by atoms with Crippen molar-refractivity contribution < 1.29 is 49.1 Å². The van der Waals surface area contributed by atoms with Gasteiger partial charge in [-0.25, -0.2) is 0 Å². The van der Waals surface area contributed by atoms with Crippen molar-refractivity contribution in [1.82, 2.24) is 0 Å². The molecule has 0 spiro atoms. The van der Waals surface area contributed by atoms with Crippen LogP contribution in [0.3, 0.4) is 0 Å². The maximum atomic E-state index is 12.5. The Morgan fingerprint density at radius 3 is 1.80 bits per heavy atom. The second-order valence-electron chi connectivity index (χ2n) is 5.23. The maximum absolute atomic E-state index is 12.5. The Kier molecular flexibility index (Phi) is 8.18.